The third kappa shape index (κ3) is 6.57. The number of aryl methyl sites for hydroxylation is 1. The number of ketones is 1. The quantitative estimate of drug-likeness (QED) is 0.119. The van der Waals surface area contributed by atoms with Crippen molar-refractivity contribution in [3.8, 4) is 11.8 Å². The maximum Gasteiger partial charge on any atom is 0.303 e. The van der Waals surface area contributed by atoms with E-state index in [0.29, 0.717) is 49.9 Å². The maximum atomic E-state index is 12.7. The highest BCUT2D eigenvalue weighted by molar-refractivity contribution is 6.08. The molecular weight excluding hydrogens is 665 g/mol. The average molecular weight is 721 g/mol. The van der Waals surface area contributed by atoms with E-state index in [1.807, 2.05) is 55.5 Å². The van der Waals surface area contributed by atoms with E-state index in [1.54, 1.807) is 6.92 Å². The third-order valence-electron chi connectivity index (χ3n) is 14.8. The molecule has 4 saturated carbocycles. The van der Waals surface area contributed by atoms with Gasteiger partial charge >= 0.3 is 5.97 Å². The molecule has 11 atom stereocenters. The van der Waals surface area contributed by atoms with Crippen LogP contribution >= 0.6 is 0 Å². The van der Waals surface area contributed by atoms with Crippen LogP contribution in [0.5, 0.6) is 0 Å². The molecule has 8 nitrogen and oxygen atoms in total. The molecule has 0 spiro atoms. The van der Waals surface area contributed by atoms with Crippen molar-refractivity contribution >= 4 is 28.3 Å². The van der Waals surface area contributed by atoms with Gasteiger partial charge in [0.2, 0.25) is 0 Å². The molecule has 3 aromatic rings. The van der Waals surface area contributed by atoms with Gasteiger partial charge in [0, 0.05) is 23.9 Å². The molecule has 4 aliphatic rings. The zero-order chi connectivity index (χ0) is 37.9. The molecule has 4 aliphatic carbocycles. The summed E-state index contributed by atoms with van der Waals surface area (Å²) in [7, 11) is 0. The van der Waals surface area contributed by atoms with Gasteiger partial charge in [-0.05, 0) is 129 Å². The highest BCUT2D eigenvalue weighted by atomic mass is 16.4. The molecular formula is C45H56N2O6. The average Bonchev–Trinajstić information content (AvgIpc) is 3.48. The zero-order valence-corrected chi connectivity index (χ0v) is 31.9. The number of carbonyl (C=O) groups excluding carboxylic acids is 1. The molecule has 8 heteroatoms. The van der Waals surface area contributed by atoms with Crippen LogP contribution in [0.15, 0.2) is 48.5 Å². The van der Waals surface area contributed by atoms with E-state index >= 15 is 0 Å². The molecule has 5 N–H and O–H groups in total. The van der Waals surface area contributed by atoms with E-state index in [2.05, 4.69) is 42.9 Å². The number of Topliss-reactive ketones (excluding diaryl/α,β-unsaturated/α-hetero) is 1. The predicted molar refractivity (Wildman–Crippen MR) is 206 cm³/mol. The van der Waals surface area contributed by atoms with E-state index < -0.39 is 23.8 Å². The van der Waals surface area contributed by atoms with Crippen molar-refractivity contribution in [3.63, 3.8) is 0 Å². The highest BCUT2D eigenvalue weighted by Crippen LogP contribution is 2.69. The summed E-state index contributed by atoms with van der Waals surface area (Å²) in [6.45, 7) is 10.5. The van der Waals surface area contributed by atoms with Gasteiger partial charge in [0.1, 0.15) is 5.60 Å². The van der Waals surface area contributed by atoms with Crippen LogP contribution in [0, 0.1) is 65.1 Å². The molecule has 0 bridgehead atoms. The lowest BCUT2D eigenvalue weighted by Gasteiger charge is -2.64. The van der Waals surface area contributed by atoms with Crippen LogP contribution in [0.4, 0.5) is 5.69 Å². The number of para-hydroxylation sites is 1. The number of nitrogens with zero attached hydrogens (tertiary/aromatic N) is 1. The SMILES string of the molecule is CC(=O)c1c(C)nc2ccccc2c1NCc1ccccc1C#C[C@@]1(O)CC[C@@]2(C)C(CC(O)C3C2CC(O)[C@@]2(C)C3CC[C@@H]2[C@H](C)CCC(=O)O)C1. The van der Waals surface area contributed by atoms with Crippen LogP contribution in [0.2, 0.25) is 0 Å². The first-order valence-corrected chi connectivity index (χ1v) is 19.7. The summed E-state index contributed by atoms with van der Waals surface area (Å²) in [5.74, 6) is 6.72. The topological polar surface area (TPSA) is 140 Å². The summed E-state index contributed by atoms with van der Waals surface area (Å²) in [5, 5.41) is 49.6. The summed E-state index contributed by atoms with van der Waals surface area (Å²) in [4.78, 5) is 28.7. The van der Waals surface area contributed by atoms with E-state index in [9.17, 15) is 30.0 Å². The van der Waals surface area contributed by atoms with Crippen molar-refractivity contribution in [2.45, 2.75) is 117 Å². The van der Waals surface area contributed by atoms with E-state index in [1.165, 1.54) is 0 Å². The van der Waals surface area contributed by atoms with E-state index in [-0.39, 0.29) is 58.5 Å². The molecule has 0 amide bonds. The number of aliphatic hydroxyl groups is 3. The van der Waals surface area contributed by atoms with Gasteiger partial charge in [0.25, 0.3) is 0 Å². The van der Waals surface area contributed by atoms with Crippen molar-refractivity contribution < 1.29 is 30.0 Å². The first kappa shape index (κ1) is 37.5. The fourth-order valence-electron chi connectivity index (χ4n) is 11.9. The lowest BCUT2D eigenvalue weighted by atomic mass is 9.42. The van der Waals surface area contributed by atoms with Crippen molar-refractivity contribution in [1.82, 2.24) is 4.98 Å². The van der Waals surface area contributed by atoms with Crippen LogP contribution in [-0.4, -0.2) is 55.0 Å². The highest BCUT2D eigenvalue weighted by Gasteiger charge is 2.66. The summed E-state index contributed by atoms with van der Waals surface area (Å²) >= 11 is 0. The Bertz CT molecular complexity index is 1970. The van der Waals surface area contributed by atoms with Gasteiger partial charge in [-0.15, -0.1) is 0 Å². The summed E-state index contributed by atoms with van der Waals surface area (Å²) in [5.41, 5.74) is 2.95. The number of aliphatic hydroxyl groups excluding tert-OH is 2. The summed E-state index contributed by atoms with van der Waals surface area (Å²) in [6.07, 6.45) is 4.66. The molecule has 0 radical (unpaired) electrons. The molecule has 6 unspecified atom stereocenters. The van der Waals surface area contributed by atoms with Gasteiger partial charge in [0.15, 0.2) is 5.78 Å². The van der Waals surface area contributed by atoms with Crippen LogP contribution in [0.25, 0.3) is 10.9 Å². The molecule has 0 saturated heterocycles. The predicted octanol–water partition coefficient (Wildman–Crippen LogP) is 7.54. The van der Waals surface area contributed by atoms with Crippen molar-refractivity contribution in [2.75, 3.05) is 5.32 Å². The minimum atomic E-state index is -1.20. The Morgan fingerprint density at radius 1 is 1.02 bits per heavy atom. The number of nitrogens with one attached hydrogen (secondary N) is 1. The Labute approximate surface area is 313 Å². The standard InChI is InChI=1S/C45H56N2O6/c1-26(14-17-39(51)52)33-15-16-34-41-35(23-38(50)44(33,34)5)43(4)20-21-45(53,24-31(43)22-37(41)49)19-18-29-10-6-7-11-30(29)25-46-42-32-12-8-9-13-36(32)47-27(2)40(42)28(3)48/h6-13,26,31,33-35,37-38,41,49-50,53H,14-17,20-25H2,1-5H3,(H,46,47)(H,51,52)/t26-,31?,33-,34?,35?,37?,38?,41?,43+,44-,45-/m1/s1. The van der Waals surface area contributed by atoms with Gasteiger partial charge in [-0.2, -0.15) is 0 Å². The molecule has 2 aromatic carbocycles. The van der Waals surface area contributed by atoms with Crippen molar-refractivity contribution in [2.24, 2.45) is 46.3 Å². The van der Waals surface area contributed by atoms with Crippen LogP contribution in [0.3, 0.4) is 0 Å². The van der Waals surface area contributed by atoms with Crippen LogP contribution in [0.1, 0.15) is 113 Å². The Balaban J connectivity index is 1.09. The van der Waals surface area contributed by atoms with Crippen LogP contribution in [-0.2, 0) is 11.3 Å². The number of pyridine rings is 1. The molecule has 7 rings (SSSR count). The summed E-state index contributed by atoms with van der Waals surface area (Å²) in [6, 6.07) is 15.7. The monoisotopic (exact) mass is 720 g/mol. The van der Waals surface area contributed by atoms with E-state index in [4.69, 9.17) is 0 Å². The van der Waals surface area contributed by atoms with Gasteiger partial charge in [-0.3, -0.25) is 14.6 Å². The van der Waals surface area contributed by atoms with Crippen LogP contribution < -0.4 is 5.32 Å². The number of aromatic nitrogens is 1. The number of fused-ring (bicyclic) bond motifs is 6. The number of rotatable bonds is 8. The van der Waals surface area contributed by atoms with Crippen molar-refractivity contribution in [3.05, 3.63) is 70.9 Å². The number of hydrogen-bond donors (Lipinski definition) is 5. The lowest BCUT2D eigenvalue weighted by Crippen LogP contribution is -2.63. The molecule has 282 valence electrons. The minimum absolute atomic E-state index is 0.0474. The zero-order valence-electron chi connectivity index (χ0n) is 31.9. The molecule has 0 aliphatic heterocycles. The molecule has 1 aromatic heterocycles. The van der Waals surface area contributed by atoms with Gasteiger partial charge in [-0.1, -0.05) is 69.0 Å². The number of carboxylic acid groups (broad SMARTS) is 1. The fraction of sp³-hybridized carbons (Fsp3) is 0.578. The summed E-state index contributed by atoms with van der Waals surface area (Å²) < 4.78 is 0. The normalized spacial score (nSPS) is 35.3. The molecule has 1 heterocycles. The Hall–Kier alpha value is -3.77. The molecule has 4 fully saturated rings. The smallest absolute Gasteiger partial charge is 0.303 e. The van der Waals surface area contributed by atoms with Gasteiger partial charge < -0.3 is 25.7 Å². The molecule has 53 heavy (non-hydrogen) atoms. The second kappa shape index (κ2) is 14.1. The van der Waals surface area contributed by atoms with E-state index in [0.717, 1.165) is 47.0 Å². The second-order valence-electron chi connectivity index (χ2n) is 17.5. The Kier molecular flexibility index (Phi) is 10.0. The fourth-order valence-corrected chi connectivity index (χ4v) is 11.9. The maximum absolute atomic E-state index is 12.7. The second-order valence-corrected chi connectivity index (χ2v) is 17.5. The first-order valence-electron chi connectivity index (χ1n) is 19.7. The number of benzene rings is 2. The number of anilines is 1. The number of hydrogen-bond acceptors (Lipinski definition) is 7. The van der Waals surface area contributed by atoms with Gasteiger partial charge in [-0.25, -0.2) is 0 Å². The van der Waals surface area contributed by atoms with Gasteiger partial charge in [0.05, 0.1) is 34.7 Å². The number of aliphatic carboxylic acids is 1. The lowest BCUT2D eigenvalue weighted by molar-refractivity contribution is -0.211. The number of carbonyl (C=O) groups is 2. The van der Waals surface area contributed by atoms with Crippen molar-refractivity contribution in [1.29, 1.82) is 0 Å². The Morgan fingerprint density at radius 3 is 2.51 bits per heavy atom. The number of carboxylic acids is 1. The third-order valence-corrected chi connectivity index (χ3v) is 14.8. The largest absolute Gasteiger partial charge is 0.481 e. The first-order chi connectivity index (χ1) is 25.2. The Morgan fingerprint density at radius 2 is 1.75 bits per heavy atom. The minimum Gasteiger partial charge on any atom is -0.481 e.